The average Bonchev–Trinajstić information content (AvgIpc) is 2.88. The van der Waals surface area contributed by atoms with Gasteiger partial charge in [-0.05, 0) is 29.8 Å². The van der Waals surface area contributed by atoms with E-state index in [1.165, 1.54) is 67.7 Å². The summed E-state index contributed by atoms with van der Waals surface area (Å²) in [5.41, 5.74) is -4.08. The molecule has 0 saturated carbocycles. The molecule has 5 nitrogen and oxygen atoms in total. The van der Waals surface area contributed by atoms with Gasteiger partial charge in [0.25, 0.3) is 0 Å². The molecule has 0 atom stereocenters. The van der Waals surface area contributed by atoms with E-state index in [4.69, 9.17) is 9.47 Å². The van der Waals surface area contributed by atoms with Crippen LogP contribution in [0.4, 0.5) is 26.3 Å². The van der Waals surface area contributed by atoms with E-state index in [0.29, 0.717) is 11.3 Å². The second-order valence-corrected chi connectivity index (χ2v) is 8.07. The van der Waals surface area contributed by atoms with Crippen molar-refractivity contribution in [1.29, 1.82) is 0 Å². The summed E-state index contributed by atoms with van der Waals surface area (Å²) in [6, 6.07) is 19.6. The van der Waals surface area contributed by atoms with Gasteiger partial charge < -0.3 is 14.4 Å². The standard InChI is InChI=1S/C26H21F6N3O2/c1-36-20-13-11-17(12-14-20)16-35-22(18-7-4-3-5-8-18)33-24(25(27,28)29,26(30,31)32)34-23(35)19-9-6-10-21(15-19)37-2/h3-15H,16H2,1-2H3. The first-order valence-corrected chi connectivity index (χ1v) is 10.9. The van der Waals surface area contributed by atoms with Crippen molar-refractivity contribution in [2.45, 2.75) is 24.6 Å². The lowest BCUT2D eigenvalue weighted by Crippen LogP contribution is -2.59. The number of aliphatic imine (C=N–C) groups is 2. The fourth-order valence-electron chi connectivity index (χ4n) is 3.82. The van der Waals surface area contributed by atoms with Gasteiger partial charge in [0.15, 0.2) is 0 Å². The molecular weight excluding hydrogens is 500 g/mol. The molecule has 37 heavy (non-hydrogen) atoms. The van der Waals surface area contributed by atoms with E-state index in [9.17, 15) is 26.3 Å². The summed E-state index contributed by atoms with van der Waals surface area (Å²) in [5, 5.41) is 0. The second-order valence-electron chi connectivity index (χ2n) is 8.07. The number of hydrogen-bond donors (Lipinski definition) is 0. The Morgan fingerprint density at radius 2 is 1.22 bits per heavy atom. The molecule has 4 rings (SSSR count). The van der Waals surface area contributed by atoms with Crippen LogP contribution in [0.3, 0.4) is 0 Å². The average molecular weight is 521 g/mol. The van der Waals surface area contributed by atoms with Gasteiger partial charge in [0.05, 0.1) is 20.8 Å². The number of nitrogens with zero attached hydrogens (tertiary/aromatic N) is 3. The van der Waals surface area contributed by atoms with Gasteiger partial charge in [0.2, 0.25) is 0 Å². The zero-order valence-corrected chi connectivity index (χ0v) is 19.6. The topological polar surface area (TPSA) is 46.4 Å². The van der Waals surface area contributed by atoms with Gasteiger partial charge in [-0.1, -0.05) is 54.6 Å². The fraction of sp³-hybridized carbons (Fsp3) is 0.231. The van der Waals surface area contributed by atoms with Crippen molar-refractivity contribution in [3.63, 3.8) is 0 Å². The summed E-state index contributed by atoms with van der Waals surface area (Å²) in [4.78, 5) is 7.86. The van der Waals surface area contributed by atoms with Crippen molar-refractivity contribution < 1.29 is 35.8 Å². The Balaban J connectivity index is 2.00. The normalized spacial score (nSPS) is 15.6. The van der Waals surface area contributed by atoms with Gasteiger partial charge >= 0.3 is 18.0 Å². The van der Waals surface area contributed by atoms with E-state index in [1.807, 2.05) is 0 Å². The summed E-state index contributed by atoms with van der Waals surface area (Å²) in [5.74, 6) is -0.315. The summed E-state index contributed by atoms with van der Waals surface area (Å²) >= 11 is 0. The van der Waals surface area contributed by atoms with Gasteiger partial charge in [0, 0.05) is 11.1 Å². The number of halogens is 6. The van der Waals surface area contributed by atoms with Crippen molar-refractivity contribution in [2.24, 2.45) is 9.98 Å². The van der Waals surface area contributed by atoms with E-state index in [0.717, 1.165) is 0 Å². The zero-order chi connectivity index (χ0) is 26.8. The van der Waals surface area contributed by atoms with E-state index in [-0.39, 0.29) is 23.4 Å². The first-order valence-electron chi connectivity index (χ1n) is 10.9. The van der Waals surface area contributed by atoms with Crippen LogP contribution in [0.25, 0.3) is 0 Å². The van der Waals surface area contributed by atoms with Gasteiger partial charge in [-0.2, -0.15) is 26.3 Å². The van der Waals surface area contributed by atoms with Crippen LogP contribution in [0.2, 0.25) is 0 Å². The van der Waals surface area contributed by atoms with Crippen molar-refractivity contribution in [2.75, 3.05) is 14.2 Å². The molecule has 1 aliphatic rings. The number of ether oxygens (including phenoxy) is 2. The van der Waals surface area contributed by atoms with Gasteiger partial charge in [-0.25, -0.2) is 9.98 Å². The predicted octanol–water partition coefficient (Wildman–Crippen LogP) is 6.23. The summed E-state index contributed by atoms with van der Waals surface area (Å²) < 4.78 is 95.9. The summed E-state index contributed by atoms with van der Waals surface area (Å²) in [6.07, 6.45) is -11.7. The SMILES string of the molecule is COc1ccc(CN2C(c3ccccc3)=NC(C(F)(F)F)(C(F)(F)F)N=C2c2cccc(OC)c2)cc1. The monoisotopic (exact) mass is 521 g/mol. The molecule has 0 saturated heterocycles. The quantitative estimate of drug-likeness (QED) is 0.361. The maximum absolute atomic E-state index is 14.3. The van der Waals surface area contributed by atoms with E-state index in [2.05, 4.69) is 9.98 Å². The van der Waals surface area contributed by atoms with Gasteiger partial charge in [-0.3, -0.25) is 0 Å². The second kappa shape index (κ2) is 9.79. The van der Waals surface area contributed by atoms with Crippen molar-refractivity contribution in [1.82, 2.24) is 4.90 Å². The van der Waals surface area contributed by atoms with Crippen LogP contribution in [0.5, 0.6) is 11.5 Å². The molecule has 1 heterocycles. The largest absolute Gasteiger partial charge is 0.497 e. The first kappa shape index (κ1) is 26.1. The highest BCUT2D eigenvalue weighted by Crippen LogP contribution is 2.49. The van der Waals surface area contributed by atoms with Crippen molar-refractivity contribution in [3.05, 3.63) is 95.6 Å². The highest BCUT2D eigenvalue weighted by Gasteiger charge is 2.74. The third kappa shape index (κ3) is 4.98. The molecule has 0 radical (unpaired) electrons. The highest BCUT2D eigenvalue weighted by molar-refractivity contribution is 6.16. The fourth-order valence-corrected chi connectivity index (χ4v) is 3.82. The van der Waals surface area contributed by atoms with Crippen molar-refractivity contribution >= 4 is 11.7 Å². The molecular formula is C26H21F6N3O2. The molecule has 1 aliphatic heterocycles. The van der Waals surface area contributed by atoms with E-state index >= 15 is 0 Å². The van der Waals surface area contributed by atoms with Crippen LogP contribution < -0.4 is 9.47 Å². The Morgan fingerprint density at radius 3 is 1.76 bits per heavy atom. The molecule has 0 N–H and O–H groups in total. The molecule has 0 fully saturated rings. The summed E-state index contributed by atoms with van der Waals surface area (Å²) in [7, 11) is 2.81. The minimum absolute atomic E-state index is 0.00549. The van der Waals surface area contributed by atoms with Crippen LogP contribution in [-0.4, -0.2) is 48.8 Å². The number of methoxy groups -OCH3 is 2. The molecule has 0 spiro atoms. The van der Waals surface area contributed by atoms with Crippen LogP contribution in [0, 0.1) is 0 Å². The number of alkyl halides is 6. The molecule has 11 heteroatoms. The highest BCUT2D eigenvalue weighted by atomic mass is 19.4. The van der Waals surface area contributed by atoms with Crippen molar-refractivity contribution in [3.8, 4) is 11.5 Å². The lowest BCUT2D eigenvalue weighted by molar-refractivity contribution is -0.293. The lowest BCUT2D eigenvalue weighted by Gasteiger charge is -2.39. The third-order valence-corrected chi connectivity index (χ3v) is 5.70. The van der Waals surface area contributed by atoms with Crippen LogP contribution in [0.15, 0.2) is 88.8 Å². The molecule has 0 aliphatic carbocycles. The summed E-state index contributed by atoms with van der Waals surface area (Å²) in [6.45, 7) is -0.125. The molecule has 3 aromatic rings. The molecule has 0 amide bonds. The number of rotatable bonds is 6. The Morgan fingerprint density at radius 1 is 0.676 bits per heavy atom. The Kier molecular flexibility index (Phi) is 6.90. The molecule has 0 bridgehead atoms. The smallest absolute Gasteiger partial charge is 0.443 e. The molecule has 3 aromatic carbocycles. The lowest BCUT2D eigenvalue weighted by atomic mass is 10.0. The minimum Gasteiger partial charge on any atom is -0.497 e. The molecule has 194 valence electrons. The van der Waals surface area contributed by atoms with Gasteiger partial charge in [-0.15, -0.1) is 0 Å². The van der Waals surface area contributed by atoms with Crippen LogP contribution >= 0.6 is 0 Å². The van der Waals surface area contributed by atoms with E-state index < -0.39 is 29.7 Å². The van der Waals surface area contributed by atoms with Gasteiger partial charge in [0.1, 0.15) is 23.2 Å². The number of amidine groups is 2. The predicted molar refractivity (Wildman–Crippen MR) is 126 cm³/mol. The third-order valence-electron chi connectivity index (χ3n) is 5.70. The maximum atomic E-state index is 14.3. The number of hydrogen-bond acceptors (Lipinski definition) is 5. The minimum atomic E-state index is -5.87. The zero-order valence-electron chi connectivity index (χ0n) is 19.6. The maximum Gasteiger partial charge on any atom is 0.443 e. The molecule has 0 aromatic heterocycles. The van der Waals surface area contributed by atoms with Crippen LogP contribution in [0.1, 0.15) is 16.7 Å². The number of benzene rings is 3. The Labute approximate surface area is 208 Å². The van der Waals surface area contributed by atoms with E-state index in [1.54, 1.807) is 30.3 Å². The Bertz CT molecular complexity index is 1290. The molecule has 0 unspecified atom stereocenters. The Hall–Kier alpha value is -4.02. The first-order chi connectivity index (χ1) is 17.5. The van der Waals surface area contributed by atoms with Crippen LogP contribution in [-0.2, 0) is 6.54 Å².